The number of carbonyl (C=O) groups excluding carboxylic acids is 1. The molecule has 1 fully saturated rings. The van der Waals surface area contributed by atoms with Crippen molar-refractivity contribution in [3.63, 3.8) is 0 Å². The van der Waals surface area contributed by atoms with E-state index in [0.717, 1.165) is 18.4 Å². The van der Waals surface area contributed by atoms with Gasteiger partial charge in [-0.1, -0.05) is 12.1 Å². The molecule has 2 heterocycles. The molecule has 1 saturated heterocycles. The van der Waals surface area contributed by atoms with E-state index >= 15 is 0 Å². The van der Waals surface area contributed by atoms with Gasteiger partial charge in [-0.25, -0.2) is 13.8 Å². The van der Waals surface area contributed by atoms with Crippen LogP contribution in [-0.4, -0.2) is 28.4 Å². The Morgan fingerprint density at radius 1 is 1.20 bits per heavy atom. The number of thiazole rings is 1. The second-order valence-electron chi connectivity index (χ2n) is 7.39. The highest BCUT2D eigenvalue weighted by atomic mass is 32.1. The van der Waals surface area contributed by atoms with Gasteiger partial charge in [0.2, 0.25) is 0 Å². The molecule has 4 rings (SSSR count). The zero-order chi connectivity index (χ0) is 21.1. The van der Waals surface area contributed by atoms with E-state index in [4.69, 9.17) is 4.74 Å². The van der Waals surface area contributed by atoms with Crippen molar-refractivity contribution in [3.05, 3.63) is 81.3 Å². The number of nitrogens with zero attached hydrogens (tertiary/aromatic N) is 2. The predicted octanol–water partition coefficient (Wildman–Crippen LogP) is 5.16. The van der Waals surface area contributed by atoms with Crippen molar-refractivity contribution in [1.29, 1.82) is 0 Å². The van der Waals surface area contributed by atoms with Crippen molar-refractivity contribution >= 4 is 17.2 Å². The van der Waals surface area contributed by atoms with Gasteiger partial charge in [-0.3, -0.25) is 4.79 Å². The maximum absolute atomic E-state index is 13.5. The molecule has 1 aromatic heterocycles. The van der Waals surface area contributed by atoms with E-state index in [1.165, 1.54) is 35.6 Å². The Balaban J connectivity index is 1.43. The first-order chi connectivity index (χ1) is 14.5. The molecule has 4 nitrogen and oxygen atoms in total. The van der Waals surface area contributed by atoms with E-state index < -0.39 is 0 Å². The predicted molar refractivity (Wildman–Crippen MR) is 112 cm³/mol. The number of ether oxygens (including phenoxy) is 1. The van der Waals surface area contributed by atoms with Gasteiger partial charge in [0.25, 0.3) is 5.91 Å². The molecule has 0 radical (unpaired) electrons. The van der Waals surface area contributed by atoms with Crippen molar-refractivity contribution in [2.24, 2.45) is 0 Å². The first-order valence-electron chi connectivity index (χ1n) is 9.89. The summed E-state index contributed by atoms with van der Waals surface area (Å²) in [6, 6.07) is 12.4. The third-order valence-corrected chi connectivity index (χ3v) is 6.33. The Hall–Kier alpha value is -2.80. The number of rotatable bonds is 6. The lowest BCUT2D eigenvalue weighted by molar-refractivity contribution is 0.0740. The fourth-order valence-electron chi connectivity index (χ4n) is 3.77. The Kier molecular flexibility index (Phi) is 6.08. The third-order valence-electron chi connectivity index (χ3n) is 5.21. The number of hydrogen-bond donors (Lipinski definition) is 0. The molecule has 1 aliphatic rings. The minimum absolute atomic E-state index is 0.0306. The molecule has 0 spiro atoms. The van der Waals surface area contributed by atoms with Crippen molar-refractivity contribution in [1.82, 2.24) is 9.88 Å². The Morgan fingerprint density at radius 3 is 2.77 bits per heavy atom. The summed E-state index contributed by atoms with van der Waals surface area (Å²) in [6.45, 7) is 2.73. The van der Waals surface area contributed by atoms with Crippen molar-refractivity contribution in [2.75, 3.05) is 6.54 Å². The van der Waals surface area contributed by atoms with Crippen LogP contribution in [0, 0.1) is 18.6 Å². The molecule has 156 valence electrons. The van der Waals surface area contributed by atoms with Gasteiger partial charge in [-0.05, 0) is 68.1 Å². The lowest BCUT2D eigenvalue weighted by Gasteiger charge is -2.24. The minimum atomic E-state index is -0.321. The zero-order valence-corrected chi connectivity index (χ0v) is 17.4. The van der Waals surface area contributed by atoms with E-state index in [0.29, 0.717) is 34.3 Å². The fraction of sp³-hybridized carbons (Fsp3) is 0.304. The number of amides is 1. The van der Waals surface area contributed by atoms with Crippen LogP contribution in [0.4, 0.5) is 8.78 Å². The normalized spacial score (nSPS) is 16.1. The molecular formula is C23H22F2N2O2S. The largest absolute Gasteiger partial charge is 0.486 e. The second kappa shape index (κ2) is 8.92. The zero-order valence-electron chi connectivity index (χ0n) is 16.6. The van der Waals surface area contributed by atoms with Gasteiger partial charge in [0.05, 0.1) is 5.69 Å². The molecule has 3 aromatic rings. The van der Waals surface area contributed by atoms with Crippen LogP contribution in [0.25, 0.3) is 0 Å². The van der Waals surface area contributed by atoms with Gasteiger partial charge >= 0.3 is 0 Å². The molecule has 1 unspecified atom stereocenters. The molecule has 0 N–H and O–H groups in total. The monoisotopic (exact) mass is 428 g/mol. The van der Waals surface area contributed by atoms with Crippen molar-refractivity contribution < 1.29 is 18.3 Å². The SMILES string of the molecule is Cc1nc(COc2ccc(F)cc2)sc1C(=O)N1CCCC1Cc1cccc(F)c1. The Morgan fingerprint density at radius 2 is 2.00 bits per heavy atom. The minimum Gasteiger partial charge on any atom is -0.486 e. The number of likely N-dealkylation sites (tertiary alicyclic amines) is 1. The number of benzene rings is 2. The highest BCUT2D eigenvalue weighted by Gasteiger charge is 2.31. The van der Waals surface area contributed by atoms with E-state index in [9.17, 15) is 13.6 Å². The van der Waals surface area contributed by atoms with Crippen LogP contribution in [0.5, 0.6) is 5.75 Å². The van der Waals surface area contributed by atoms with E-state index in [2.05, 4.69) is 4.98 Å². The molecule has 0 aliphatic carbocycles. The third kappa shape index (κ3) is 4.67. The van der Waals surface area contributed by atoms with Gasteiger partial charge in [0.15, 0.2) is 0 Å². The molecule has 1 atom stereocenters. The maximum Gasteiger partial charge on any atom is 0.266 e. The van der Waals surface area contributed by atoms with E-state index in [1.54, 1.807) is 18.2 Å². The molecule has 1 aliphatic heterocycles. The topological polar surface area (TPSA) is 42.4 Å². The summed E-state index contributed by atoms with van der Waals surface area (Å²) in [5, 5.41) is 0.695. The maximum atomic E-state index is 13.5. The average Bonchev–Trinajstić information content (AvgIpc) is 3.33. The Labute approximate surface area is 178 Å². The van der Waals surface area contributed by atoms with Gasteiger partial charge in [-0.15, -0.1) is 11.3 Å². The van der Waals surface area contributed by atoms with Crippen molar-refractivity contribution in [2.45, 2.75) is 38.8 Å². The van der Waals surface area contributed by atoms with Crippen LogP contribution in [0.3, 0.4) is 0 Å². The van der Waals surface area contributed by atoms with Crippen LogP contribution >= 0.6 is 11.3 Å². The van der Waals surface area contributed by atoms with Gasteiger partial charge in [0, 0.05) is 12.6 Å². The lowest BCUT2D eigenvalue weighted by Crippen LogP contribution is -2.36. The smallest absolute Gasteiger partial charge is 0.266 e. The molecule has 30 heavy (non-hydrogen) atoms. The summed E-state index contributed by atoms with van der Waals surface area (Å²) >= 11 is 1.33. The lowest BCUT2D eigenvalue weighted by atomic mass is 10.0. The van der Waals surface area contributed by atoms with Crippen LogP contribution in [-0.2, 0) is 13.0 Å². The molecular weight excluding hydrogens is 406 g/mol. The van der Waals surface area contributed by atoms with Crippen molar-refractivity contribution in [3.8, 4) is 5.75 Å². The number of carbonyl (C=O) groups is 1. The summed E-state index contributed by atoms with van der Waals surface area (Å²) in [5.41, 5.74) is 1.58. The van der Waals surface area contributed by atoms with E-state index in [1.807, 2.05) is 17.9 Å². The number of halogens is 2. The highest BCUT2D eigenvalue weighted by Crippen LogP contribution is 2.28. The molecule has 0 bridgehead atoms. The van der Waals surface area contributed by atoms with Gasteiger partial charge < -0.3 is 9.64 Å². The standard InChI is InChI=1S/C23H22F2N2O2S/c1-15-22(30-21(26-15)14-29-20-9-7-17(24)8-10-20)23(28)27-11-3-6-19(27)13-16-4-2-5-18(25)12-16/h2,4-5,7-10,12,19H,3,6,11,13-14H2,1H3. The number of aromatic nitrogens is 1. The number of hydrogen-bond acceptors (Lipinski definition) is 4. The molecule has 7 heteroatoms. The average molecular weight is 429 g/mol. The fourth-order valence-corrected chi connectivity index (χ4v) is 4.70. The summed E-state index contributed by atoms with van der Waals surface area (Å²) in [6.07, 6.45) is 2.48. The summed E-state index contributed by atoms with van der Waals surface area (Å²) in [5.74, 6) is -0.0602. The molecule has 1 amide bonds. The number of aryl methyl sites for hydroxylation is 1. The van der Waals surface area contributed by atoms with Crippen LogP contribution < -0.4 is 4.74 Å². The van der Waals surface area contributed by atoms with Gasteiger partial charge in [-0.2, -0.15) is 0 Å². The van der Waals surface area contributed by atoms with Crippen LogP contribution in [0.2, 0.25) is 0 Å². The summed E-state index contributed by atoms with van der Waals surface area (Å²) in [7, 11) is 0. The Bertz CT molecular complexity index is 1040. The van der Waals surface area contributed by atoms with Crippen LogP contribution in [0.15, 0.2) is 48.5 Å². The van der Waals surface area contributed by atoms with Crippen LogP contribution in [0.1, 0.15) is 38.8 Å². The summed E-state index contributed by atoms with van der Waals surface area (Å²) in [4.78, 5) is 20.2. The quantitative estimate of drug-likeness (QED) is 0.545. The molecule has 0 saturated carbocycles. The summed E-state index contributed by atoms with van der Waals surface area (Å²) < 4.78 is 32.2. The second-order valence-corrected chi connectivity index (χ2v) is 8.48. The highest BCUT2D eigenvalue weighted by molar-refractivity contribution is 7.13. The van der Waals surface area contributed by atoms with E-state index in [-0.39, 0.29) is 30.2 Å². The van der Waals surface area contributed by atoms with Gasteiger partial charge in [0.1, 0.15) is 33.9 Å². The molecule has 2 aromatic carbocycles. The first kappa shape index (κ1) is 20.5. The first-order valence-corrected chi connectivity index (χ1v) is 10.7.